The fourth-order valence-corrected chi connectivity index (χ4v) is 9.63. The van der Waals surface area contributed by atoms with Crippen molar-refractivity contribution in [3.63, 3.8) is 0 Å². The quantitative estimate of drug-likeness (QED) is 0.128. The monoisotopic (exact) mass is 1100 g/mol. The van der Waals surface area contributed by atoms with Gasteiger partial charge in [-0.15, -0.1) is 53.6 Å². The molecule has 0 aliphatic carbocycles. The van der Waals surface area contributed by atoms with Crippen molar-refractivity contribution in [2.24, 2.45) is 5.41 Å². The van der Waals surface area contributed by atoms with Gasteiger partial charge in [0.05, 0.1) is 0 Å². The van der Waals surface area contributed by atoms with Gasteiger partial charge < -0.3 is 19.1 Å². The molecule has 70 heavy (non-hydrogen) atoms. The minimum Gasteiger partial charge on any atom is -0.509 e. The summed E-state index contributed by atoms with van der Waals surface area (Å²) in [6.45, 7) is 25.1. The molecule has 7 aromatic carbocycles. The maximum atomic E-state index is 6.92. The largest absolute Gasteiger partial charge is 0.509 e. The van der Waals surface area contributed by atoms with Gasteiger partial charge in [-0.25, -0.2) is 4.98 Å². The van der Waals surface area contributed by atoms with E-state index < -0.39 is 0 Å². The van der Waals surface area contributed by atoms with Crippen LogP contribution in [-0.4, -0.2) is 9.55 Å². The van der Waals surface area contributed by atoms with Crippen molar-refractivity contribution in [1.82, 2.24) is 9.55 Å². The third kappa shape index (κ3) is 9.25. The number of fused-ring (bicyclic) bond motifs is 3. The topological polar surface area (TPSA) is 33.5 Å². The molecule has 0 saturated heterocycles. The van der Waals surface area contributed by atoms with Gasteiger partial charge in [-0.2, -0.15) is 6.07 Å². The van der Waals surface area contributed by atoms with Crippen LogP contribution in [-0.2, 0) is 37.3 Å². The molecule has 1 aliphatic heterocycles. The van der Waals surface area contributed by atoms with Crippen molar-refractivity contribution in [3.05, 3.63) is 235 Å². The van der Waals surface area contributed by atoms with E-state index in [0.29, 0.717) is 11.5 Å². The number of rotatable bonds is 10. The molecule has 5 nitrogen and oxygen atoms in total. The number of para-hydroxylation sites is 1. The van der Waals surface area contributed by atoms with Crippen LogP contribution in [0.2, 0.25) is 0 Å². The number of allylic oxidation sites excluding steroid dienone is 1. The zero-order chi connectivity index (χ0) is 48.3. The van der Waals surface area contributed by atoms with Gasteiger partial charge in [0.25, 0.3) is 0 Å². The smallest absolute Gasteiger partial charge is 0.135 e. The van der Waals surface area contributed by atoms with Crippen molar-refractivity contribution in [1.29, 1.82) is 0 Å². The first-order chi connectivity index (χ1) is 32.9. The van der Waals surface area contributed by atoms with Gasteiger partial charge in [-0.1, -0.05) is 190 Å². The van der Waals surface area contributed by atoms with E-state index in [1.165, 1.54) is 27.8 Å². The number of benzene rings is 7. The predicted molar refractivity (Wildman–Crippen MR) is 287 cm³/mol. The van der Waals surface area contributed by atoms with Gasteiger partial charge in [-0.05, 0) is 80.7 Å². The van der Waals surface area contributed by atoms with E-state index in [-0.39, 0.29) is 42.7 Å². The number of ether oxygens (including phenoxy) is 1. The van der Waals surface area contributed by atoms with Crippen molar-refractivity contribution in [2.45, 2.75) is 85.5 Å². The van der Waals surface area contributed by atoms with E-state index in [4.69, 9.17) is 9.72 Å². The first-order valence-electron chi connectivity index (χ1n) is 24.1. The molecule has 0 N–H and O–H groups in total. The molecule has 0 fully saturated rings. The second-order valence-electron chi connectivity index (χ2n) is 21.6. The minimum atomic E-state index is -0.264. The second-order valence-corrected chi connectivity index (χ2v) is 21.6. The molecule has 2 aromatic heterocycles. The Labute approximate surface area is 429 Å². The van der Waals surface area contributed by atoms with Crippen LogP contribution in [0.3, 0.4) is 0 Å². The summed E-state index contributed by atoms with van der Waals surface area (Å²) in [7, 11) is 0. The number of aromatic nitrogens is 2. The zero-order valence-corrected chi connectivity index (χ0v) is 44.2. The van der Waals surface area contributed by atoms with E-state index in [9.17, 15) is 0 Å². The zero-order valence-electron chi connectivity index (χ0n) is 41.9. The van der Waals surface area contributed by atoms with Crippen LogP contribution >= 0.6 is 0 Å². The fraction of sp³-hybridized carbons (Fsp3) is 0.219. The molecular weight excluding hydrogens is 1040 g/mol. The van der Waals surface area contributed by atoms with Gasteiger partial charge >= 0.3 is 0 Å². The van der Waals surface area contributed by atoms with Gasteiger partial charge in [0.1, 0.15) is 5.82 Å². The molecule has 9 aromatic rings. The number of anilines is 2. The van der Waals surface area contributed by atoms with Crippen molar-refractivity contribution in [2.75, 3.05) is 9.80 Å². The van der Waals surface area contributed by atoms with Crippen molar-refractivity contribution in [3.8, 4) is 28.4 Å². The summed E-state index contributed by atoms with van der Waals surface area (Å²) in [5.74, 6) is 2.04. The van der Waals surface area contributed by atoms with Crippen LogP contribution in [0.25, 0.3) is 38.8 Å². The number of pyridine rings is 1. The first kappa shape index (κ1) is 48.3. The maximum Gasteiger partial charge on any atom is 0.135 e. The molecule has 1 aliphatic rings. The SMILES string of the molecule is CC(C)(C)C1=CN(c2cc(C(C)(C)c3ccccc3)cc(C(C)(C)c3ccccc3)c2)[CH-]N1c1[c-]c(Oc2[c-]c3c(cc2)c2ccccc2n3-c2cc(C(C)(C)C)ccn2)cc(-c2ccccc2)c1.[Pt]. The third-order valence-electron chi connectivity index (χ3n) is 14.0. The summed E-state index contributed by atoms with van der Waals surface area (Å²) in [5, 5.41) is 2.22. The molecule has 0 unspecified atom stereocenters. The summed E-state index contributed by atoms with van der Waals surface area (Å²) >= 11 is 0. The Morgan fingerprint density at radius 1 is 0.500 bits per heavy atom. The molecule has 356 valence electrons. The van der Waals surface area contributed by atoms with E-state index in [0.717, 1.165) is 55.8 Å². The Morgan fingerprint density at radius 3 is 1.71 bits per heavy atom. The van der Waals surface area contributed by atoms with Gasteiger partial charge in [0.2, 0.25) is 0 Å². The van der Waals surface area contributed by atoms with E-state index in [1.807, 2.05) is 12.3 Å². The van der Waals surface area contributed by atoms with Crippen LogP contribution in [0.1, 0.15) is 97.1 Å². The molecule has 0 saturated carbocycles. The predicted octanol–water partition coefficient (Wildman–Crippen LogP) is 16.5. The fourth-order valence-electron chi connectivity index (χ4n) is 9.63. The van der Waals surface area contributed by atoms with Crippen molar-refractivity contribution < 1.29 is 25.8 Å². The molecule has 3 heterocycles. The minimum absolute atomic E-state index is 0. The summed E-state index contributed by atoms with van der Waals surface area (Å²) < 4.78 is 9.13. The molecule has 0 radical (unpaired) electrons. The molecular formula is C64H61N4OPt-3. The molecule has 0 amide bonds. The molecule has 0 bridgehead atoms. The molecule has 10 rings (SSSR count). The van der Waals surface area contributed by atoms with Gasteiger partial charge in [0, 0.05) is 71.9 Å². The van der Waals surface area contributed by atoms with E-state index >= 15 is 0 Å². The van der Waals surface area contributed by atoms with Crippen LogP contribution in [0.15, 0.2) is 188 Å². The number of nitrogens with zero attached hydrogens (tertiary/aromatic N) is 4. The summed E-state index contributed by atoms with van der Waals surface area (Å²) in [6.07, 6.45) is 4.20. The van der Waals surface area contributed by atoms with Crippen LogP contribution < -0.4 is 14.5 Å². The molecule has 0 atom stereocenters. The van der Waals surface area contributed by atoms with Crippen LogP contribution in [0.5, 0.6) is 11.5 Å². The third-order valence-corrected chi connectivity index (χ3v) is 14.0. The molecule has 0 spiro atoms. The van der Waals surface area contributed by atoms with E-state index in [2.05, 4.69) is 272 Å². The maximum absolute atomic E-state index is 6.92. The standard InChI is InChI=1S/C64H61N4O.Pt/c1-61(2,3)48-32-33-65-60(39-48)68-57-29-21-20-28-55(57)56-31-30-53(41-58(56)68)69-54-35-45(44-22-14-11-15-23-44)34-52(40-54)67-43-66(42-59(67)62(4,5)6)51-37-49(63(7,8)46-24-16-12-17-25-46)36-50(38-51)64(9,10)47-26-18-13-19-27-47;/h11-39,42-43H,1-10H3;/q-3;. The first-order valence-corrected chi connectivity index (χ1v) is 24.1. The van der Waals surface area contributed by atoms with Crippen molar-refractivity contribution >= 4 is 33.2 Å². The second kappa shape index (κ2) is 18.6. The Hall–Kier alpha value is -6.68. The summed E-state index contributed by atoms with van der Waals surface area (Å²) in [5.41, 5.74) is 12.6. The summed E-state index contributed by atoms with van der Waals surface area (Å²) in [6, 6.07) is 68.1. The summed E-state index contributed by atoms with van der Waals surface area (Å²) in [4.78, 5) is 9.48. The Morgan fingerprint density at radius 2 is 1.10 bits per heavy atom. The number of hydrogen-bond acceptors (Lipinski definition) is 4. The number of hydrogen-bond donors (Lipinski definition) is 0. The average Bonchev–Trinajstić information content (AvgIpc) is 3.96. The molecule has 6 heteroatoms. The average molecular weight is 1100 g/mol. The Bertz CT molecular complexity index is 3290. The van der Waals surface area contributed by atoms with Gasteiger partial charge in [-0.3, -0.25) is 0 Å². The normalized spacial score (nSPS) is 13.4. The van der Waals surface area contributed by atoms with E-state index in [1.54, 1.807) is 0 Å². The van der Waals surface area contributed by atoms with Gasteiger partial charge in [0.15, 0.2) is 0 Å². The Balaban J connectivity index is 0.00000608. The van der Waals surface area contributed by atoms with Crippen LogP contribution in [0, 0.1) is 24.2 Å². The Kier molecular flexibility index (Phi) is 12.8. The van der Waals surface area contributed by atoms with Crippen LogP contribution in [0.4, 0.5) is 11.4 Å².